The summed E-state index contributed by atoms with van der Waals surface area (Å²) in [7, 11) is 1.84. The van der Waals surface area contributed by atoms with E-state index in [0.717, 1.165) is 44.6 Å². The van der Waals surface area contributed by atoms with Gasteiger partial charge in [0.05, 0.1) is 17.1 Å². The summed E-state index contributed by atoms with van der Waals surface area (Å²) >= 11 is 5.56. The molecule has 0 atom stereocenters. The van der Waals surface area contributed by atoms with E-state index < -0.39 is 11.7 Å². The van der Waals surface area contributed by atoms with Gasteiger partial charge in [0, 0.05) is 12.2 Å². The van der Waals surface area contributed by atoms with E-state index in [1.165, 1.54) is 6.07 Å². The van der Waals surface area contributed by atoms with Gasteiger partial charge in [0.15, 0.2) is 0 Å². The number of hydrogen-bond acceptors (Lipinski definition) is 3. The lowest BCUT2D eigenvalue weighted by molar-refractivity contribution is -0.137. The number of rotatable bonds is 5. The molecule has 24 heavy (non-hydrogen) atoms. The van der Waals surface area contributed by atoms with Gasteiger partial charge < -0.3 is 10.6 Å². The predicted molar refractivity (Wildman–Crippen MR) is 88.2 cm³/mol. The van der Waals surface area contributed by atoms with E-state index in [1.807, 2.05) is 11.9 Å². The standard InChI is InChI=1S/C16H21ClF3N3O/c1-23(9-11-4-6-21-7-5-11)10-15(24)22-12-2-3-14(17)13(8-12)16(18,19)20/h2-3,8,11,21H,4-7,9-10H2,1H3,(H,22,24). The van der Waals surface area contributed by atoms with Crippen molar-refractivity contribution in [1.29, 1.82) is 0 Å². The second kappa shape index (κ2) is 8.18. The third kappa shape index (κ3) is 5.65. The molecule has 0 aliphatic carbocycles. The zero-order chi connectivity index (χ0) is 17.7. The zero-order valence-corrected chi connectivity index (χ0v) is 14.2. The van der Waals surface area contributed by atoms with E-state index in [1.54, 1.807) is 0 Å². The first-order chi connectivity index (χ1) is 11.3. The fourth-order valence-electron chi connectivity index (χ4n) is 2.84. The van der Waals surface area contributed by atoms with Gasteiger partial charge in [-0.1, -0.05) is 11.6 Å². The number of carbonyl (C=O) groups is 1. The number of alkyl halides is 3. The second-order valence-corrected chi connectivity index (χ2v) is 6.54. The smallest absolute Gasteiger partial charge is 0.325 e. The van der Waals surface area contributed by atoms with Crippen molar-refractivity contribution in [1.82, 2.24) is 10.2 Å². The van der Waals surface area contributed by atoms with Gasteiger partial charge in [0.25, 0.3) is 0 Å². The van der Waals surface area contributed by atoms with Crippen LogP contribution in [0.25, 0.3) is 0 Å². The van der Waals surface area contributed by atoms with E-state index in [2.05, 4.69) is 10.6 Å². The number of hydrogen-bond donors (Lipinski definition) is 2. The Bertz CT molecular complexity index is 574. The highest BCUT2D eigenvalue weighted by molar-refractivity contribution is 6.31. The molecule has 2 rings (SSSR count). The number of nitrogens with one attached hydrogen (secondary N) is 2. The Morgan fingerprint density at radius 1 is 1.38 bits per heavy atom. The molecule has 134 valence electrons. The summed E-state index contributed by atoms with van der Waals surface area (Å²) in [4.78, 5) is 13.9. The van der Waals surface area contributed by atoms with Crippen LogP contribution in [0.1, 0.15) is 18.4 Å². The van der Waals surface area contributed by atoms with Crippen LogP contribution in [0.2, 0.25) is 5.02 Å². The van der Waals surface area contributed by atoms with Crippen molar-refractivity contribution in [3.63, 3.8) is 0 Å². The van der Waals surface area contributed by atoms with E-state index >= 15 is 0 Å². The molecule has 0 unspecified atom stereocenters. The van der Waals surface area contributed by atoms with Crippen LogP contribution in [0.15, 0.2) is 18.2 Å². The molecule has 0 radical (unpaired) electrons. The Morgan fingerprint density at radius 3 is 2.67 bits per heavy atom. The minimum Gasteiger partial charge on any atom is -0.325 e. The molecule has 0 spiro atoms. The van der Waals surface area contributed by atoms with Crippen molar-refractivity contribution in [3.05, 3.63) is 28.8 Å². The average Bonchev–Trinajstić information content (AvgIpc) is 2.48. The Kier molecular flexibility index (Phi) is 6.48. The second-order valence-electron chi connectivity index (χ2n) is 6.13. The van der Waals surface area contributed by atoms with Gasteiger partial charge in [0.1, 0.15) is 0 Å². The van der Waals surface area contributed by atoms with Gasteiger partial charge in [-0.25, -0.2) is 0 Å². The number of piperidine rings is 1. The molecule has 8 heteroatoms. The summed E-state index contributed by atoms with van der Waals surface area (Å²) in [6.07, 6.45) is -2.42. The molecule has 1 aromatic carbocycles. The lowest BCUT2D eigenvalue weighted by Gasteiger charge is -2.27. The maximum Gasteiger partial charge on any atom is 0.417 e. The highest BCUT2D eigenvalue weighted by Gasteiger charge is 2.33. The third-order valence-electron chi connectivity index (χ3n) is 4.00. The fraction of sp³-hybridized carbons (Fsp3) is 0.562. The number of nitrogens with zero attached hydrogens (tertiary/aromatic N) is 1. The summed E-state index contributed by atoms with van der Waals surface area (Å²) in [5.41, 5.74) is -0.864. The Balaban J connectivity index is 1.89. The molecule has 0 bridgehead atoms. The summed E-state index contributed by atoms with van der Waals surface area (Å²) in [6.45, 7) is 2.89. The number of likely N-dealkylation sites (N-methyl/N-ethyl adjacent to an activating group) is 1. The van der Waals surface area contributed by atoms with Crippen LogP contribution < -0.4 is 10.6 Å². The van der Waals surface area contributed by atoms with Crippen LogP contribution >= 0.6 is 11.6 Å². The lowest BCUT2D eigenvalue weighted by Crippen LogP contribution is -2.37. The summed E-state index contributed by atoms with van der Waals surface area (Å²) in [6, 6.07) is 3.36. The number of amides is 1. The van der Waals surface area contributed by atoms with E-state index in [9.17, 15) is 18.0 Å². The quantitative estimate of drug-likeness (QED) is 0.844. The molecule has 0 saturated carbocycles. The number of halogens is 4. The fourth-order valence-corrected chi connectivity index (χ4v) is 3.06. The molecule has 1 aliphatic heterocycles. The van der Waals surface area contributed by atoms with Crippen LogP contribution in [0, 0.1) is 5.92 Å². The monoisotopic (exact) mass is 363 g/mol. The predicted octanol–water partition coefficient (Wildman–Crippen LogP) is 3.23. The van der Waals surface area contributed by atoms with Crippen molar-refractivity contribution in [3.8, 4) is 0 Å². The minimum absolute atomic E-state index is 0.0898. The maximum absolute atomic E-state index is 12.8. The van der Waals surface area contributed by atoms with Gasteiger partial charge in [-0.3, -0.25) is 9.69 Å². The van der Waals surface area contributed by atoms with Crippen LogP contribution in [-0.2, 0) is 11.0 Å². The highest BCUT2D eigenvalue weighted by Crippen LogP contribution is 2.36. The Labute approximate surface area is 144 Å². The van der Waals surface area contributed by atoms with Crippen molar-refractivity contribution in [2.75, 3.05) is 38.5 Å². The van der Waals surface area contributed by atoms with Crippen LogP contribution in [0.4, 0.5) is 18.9 Å². The van der Waals surface area contributed by atoms with E-state index in [0.29, 0.717) is 5.92 Å². The third-order valence-corrected chi connectivity index (χ3v) is 4.33. The number of carbonyl (C=O) groups excluding carboxylic acids is 1. The SMILES string of the molecule is CN(CC(=O)Nc1ccc(Cl)c(C(F)(F)F)c1)CC1CCNCC1. The number of anilines is 1. The zero-order valence-electron chi connectivity index (χ0n) is 13.4. The van der Waals surface area contributed by atoms with Crippen molar-refractivity contribution >= 4 is 23.2 Å². The normalized spacial score (nSPS) is 16.4. The van der Waals surface area contributed by atoms with Crippen LogP contribution in [-0.4, -0.2) is 44.0 Å². The Hall–Kier alpha value is -1.31. The first-order valence-corrected chi connectivity index (χ1v) is 8.19. The first kappa shape index (κ1) is 19.0. The van der Waals surface area contributed by atoms with Crippen LogP contribution in [0.5, 0.6) is 0 Å². The van der Waals surface area contributed by atoms with Crippen molar-refractivity contribution in [2.24, 2.45) is 5.92 Å². The molecule has 1 heterocycles. The molecule has 0 aromatic heterocycles. The summed E-state index contributed by atoms with van der Waals surface area (Å²) < 4.78 is 38.5. The molecular weight excluding hydrogens is 343 g/mol. The Morgan fingerprint density at radius 2 is 2.04 bits per heavy atom. The number of benzene rings is 1. The molecule has 1 aromatic rings. The van der Waals surface area contributed by atoms with Gasteiger partial charge >= 0.3 is 6.18 Å². The molecule has 2 N–H and O–H groups in total. The molecular formula is C16H21ClF3N3O. The average molecular weight is 364 g/mol. The van der Waals surface area contributed by atoms with Gasteiger partial charge in [-0.05, 0) is 57.1 Å². The summed E-state index contributed by atoms with van der Waals surface area (Å²) in [5, 5.41) is 5.40. The van der Waals surface area contributed by atoms with Crippen molar-refractivity contribution in [2.45, 2.75) is 19.0 Å². The van der Waals surface area contributed by atoms with E-state index in [4.69, 9.17) is 11.6 Å². The molecule has 1 amide bonds. The highest BCUT2D eigenvalue weighted by atomic mass is 35.5. The van der Waals surface area contributed by atoms with E-state index in [-0.39, 0.29) is 23.2 Å². The van der Waals surface area contributed by atoms with Crippen LogP contribution in [0.3, 0.4) is 0 Å². The minimum atomic E-state index is -4.55. The van der Waals surface area contributed by atoms with Crippen molar-refractivity contribution < 1.29 is 18.0 Å². The molecule has 1 aliphatic rings. The van der Waals surface area contributed by atoms with Gasteiger partial charge in [-0.15, -0.1) is 0 Å². The molecule has 1 fully saturated rings. The largest absolute Gasteiger partial charge is 0.417 e. The lowest BCUT2D eigenvalue weighted by atomic mass is 9.98. The van der Waals surface area contributed by atoms with Gasteiger partial charge in [0.2, 0.25) is 5.91 Å². The first-order valence-electron chi connectivity index (χ1n) is 7.81. The van der Waals surface area contributed by atoms with Gasteiger partial charge in [-0.2, -0.15) is 13.2 Å². The summed E-state index contributed by atoms with van der Waals surface area (Å²) in [5.74, 6) is 0.193. The molecule has 4 nitrogen and oxygen atoms in total. The molecule has 1 saturated heterocycles. The topological polar surface area (TPSA) is 44.4 Å². The maximum atomic E-state index is 12.8.